The SMILES string of the molecule is CCCN(CC(C)C(N)=O)C1(CN)CCCCCC1. The second-order valence-corrected chi connectivity index (χ2v) is 6.09. The number of rotatable bonds is 7. The normalized spacial score (nSPS) is 21.1. The number of carbonyl (C=O) groups is 1. The number of carbonyl (C=O) groups excluding carboxylic acids is 1. The molecule has 112 valence electrons. The van der Waals surface area contributed by atoms with Crippen LogP contribution in [0.2, 0.25) is 0 Å². The quantitative estimate of drug-likeness (QED) is 0.693. The summed E-state index contributed by atoms with van der Waals surface area (Å²) in [4.78, 5) is 13.8. The Bertz CT molecular complexity index is 273. The molecule has 0 radical (unpaired) electrons. The highest BCUT2D eigenvalue weighted by molar-refractivity contribution is 5.76. The van der Waals surface area contributed by atoms with Gasteiger partial charge in [-0.1, -0.05) is 39.5 Å². The van der Waals surface area contributed by atoms with E-state index in [9.17, 15) is 4.79 Å². The van der Waals surface area contributed by atoms with E-state index in [1.54, 1.807) is 0 Å². The van der Waals surface area contributed by atoms with Gasteiger partial charge in [-0.05, 0) is 25.8 Å². The first-order chi connectivity index (χ1) is 9.05. The lowest BCUT2D eigenvalue weighted by molar-refractivity contribution is -0.122. The molecule has 1 atom stereocenters. The van der Waals surface area contributed by atoms with Gasteiger partial charge in [0, 0.05) is 24.5 Å². The topological polar surface area (TPSA) is 72.3 Å². The summed E-state index contributed by atoms with van der Waals surface area (Å²) in [5.74, 6) is -0.305. The van der Waals surface area contributed by atoms with Crippen molar-refractivity contribution in [3.8, 4) is 0 Å². The lowest BCUT2D eigenvalue weighted by atomic mass is 9.87. The van der Waals surface area contributed by atoms with Gasteiger partial charge in [-0.25, -0.2) is 0 Å². The molecule has 0 spiro atoms. The highest BCUT2D eigenvalue weighted by Crippen LogP contribution is 2.32. The minimum absolute atomic E-state index is 0.0935. The molecular formula is C15H31N3O. The standard InChI is InChI=1S/C15H31N3O/c1-3-10-18(11-13(2)14(17)19)15(12-16)8-6-4-5-7-9-15/h13H,3-12,16H2,1-2H3,(H2,17,19). The molecular weight excluding hydrogens is 238 g/mol. The summed E-state index contributed by atoms with van der Waals surface area (Å²) >= 11 is 0. The minimum Gasteiger partial charge on any atom is -0.369 e. The Morgan fingerprint density at radius 2 is 1.84 bits per heavy atom. The van der Waals surface area contributed by atoms with Crippen molar-refractivity contribution in [3.05, 3.63) is 0 Å². The summed E-state index contributed by atoms with van der Waals surface area (Å²) in [5.41, 5.74) is 11.7. The van der Waals surface area contributed by atoms with Crippen LogP contribution in [0.5, 0.6) is 0 Å². The van der Waals surface area contributed by atoms with Gasteiger partial charge in [0.25, 0.3) is 0 Å². The molecule has 19 heavy (non-hydrogen) atoms. The molecule has 1 rings (SSSR count). The van der Waals surface area contributed by atoms with Gasteiger partial charge in [-0.15, -0.1) is 0 Å². The molecule has 1 saturated carbocycles. The molecule has 0 aliphatic heterocycles. The van der Waals surface area contributed by atoms with Crippen LogP contribution in [0.25, 0.3) is 0 Å². The Morgan fingerprint density at radius 3 is 2.26 bits per heavy atom. The minimum atomic E-state index is -0.207. The van der Waals surface area contributed by atoms with E-state index in [0.29, 0.717) is 6.54 Å². The molecule has 1 amide bonds. The Morgan fingerprint density at radius 1 is 1.26 bits per heavy atom. The Balaban J connectivity index is 2.82. The molecule has 0 saturated heterocycles. The zero-order valence-electron chi connectivity index (χ0n) is 12.7. The zero-order chi connectivity index (χ0) is 14.3. The molecule has 4 heteroatoms. The third-order valence-corrected chi connectivity index (χ3v) is 4.56. The molecule has 0 aromatic carbocycles. The predicted molar refractivity (Wildman–Crippen MR) is 79.7 cm³/mol. The van der Waals surface area contributed by atoms with Crippen LogP contribution in [-0.2, 0) is 4.79 Å². The lowest BCUT2D eigenvalue weighted by Gasteiger charge is -2.44. The molecule has 4 nitrogen and oxygen atoms in total. The summed E-state index contributed by atoms with van der Waals surface area (Å²) in [5, 5.41) is 0. The Labute approximate surface area is 117 Å². The van der Waals surface area contributed by atoms with Gasteiger partial charge < -0.3 is 11.5 Å². The Hall–Kier alpha value is -0.610. The van der Waals surface area contributed by atoms with E-state index >= 15 is 0 Å². The lowest BCUT2D eigenvalue weighted by Crippen LogP contribution is -2.56. The van der Waals surface area contributed by atoms with E-state index in [-0.39, 0.29) is 17.4 Å². The van der Waals surface area contributed by atoms with Gasteiger partial charge in [0.2, 0.25) is 5.91 Å². The summed E-state index contributed by atoms with van der Waals surface area (Å²) in [7, 11) is 0. The average Bonchev–Trinajstić information content (AvgIpc) is 2.64. The second kappa shape index (κ2) is 7.85. The maximum atomic E-state index is 11.3. The zero-order valence-corrected chi connectivity index (χ0v) is 12.7. The first-order valence-corrected chi connectivity index (χ1v) is 7.80. The van der Waals surface area contributed by atoms with Crippen molar-refractivity contribution in [1.29, 1.82) is 0 Å². The molecule has 1 unspecified atom stereocenters. The first kappa shape index (κ1) is 16.4. The molecule has 1 aliphatic carbocycles. The van der Waals surface area contributed by atoms with Gasteiger partial charge in [0.1, 0.15) is 0 Å². The summed E-state index contributed by atoms with van der Waals surface area (Å²) in [6.45, 7) is 6.56. The number of primary amides is 1. The number of hydrogen-bond acceptors (Lipinski definition) is 3. The fraction of sp³-hybridized carbons (Fsp3) is 0.933. The fourth-order valence-corrected chi connectivity index (χ4v) is 3.25. The van der Waals surface area contributed by atoms with E-state index in [4.69, 9.17) is 11.5 Å². The van der Waals surface area contributed by atoms with Gasteiger partial charge >= 0.3 is 0 Å². The van der Waals surface area contributed by atoms with Crippen molar-refractivity contribution < 1.29 is 4.79 Å². The van der Waals surface area contributed by atoms with Crippen LogP contribution in [0.1, 0.15) is 58.8 Å². The van der Waals surface area contributed by atoms with Gasteiger partial charge in [-0.2, -0.15) is 0 Å². The van der Waals surface area contributed by atoms with E-state index < -0.39 is 0 Å². The monoisotopic (exact) mass is 269 g/mol. The van der Waals surface area contributed by atoms with Crippen molar-refractivity contribution in [3.63, 3.8) is 0 Å². The number of nitrogens with zero attached hydrogens (tertiary/aromatic N) is 1. The fourth-order valence-electron chi connectivity index (χ4n) is 3.25. The second-order valence-electron chi connectivity index (χ2n) is 6.09. The molecule has 1 aliphatic rings. The number of nitrogens with two attached hydrogens (primary N) is 2. The maximum Gasteiger partial charge on any atom is 0.221 e. The van der Waals surface area contributed by atoms with Crippen LogP contribution in [0.4, 0.5) is 0 Å². The average molecular weight is 269 g/mol. The maximum absolute atomic E-state index is 11.3. The number of hydrogen-bond donors (Lipinski definition) is 2. The molecule has 0 bridgehead atoms. The highest BCUT2D eigenvalue weighted by Gasteiger charge is 2.36. The van der Waals surface area contributed by atoms with Crippen LogP contribution >= 0.6 is 0 Å². The van der Waals surface area contributed by atoms with E-state index in [0.717, 1.165) is 32.4 Å². The first-order valence-electron chi connectivity index (χ1n) is 7.80. The van der Waals surface area contributed by atoms with Crippen LogP contribution in [0, 0.1) is 5.92 Å². The van der Waals surface area contributed by atoms with Crippen LogP contribution in [0.3, 0.4) is 0 Å². The van der Waals surface area contributed by atoms with Crippen molar-refractivity contribution in [1.82, 2.24) is 4.90 Å². The van der Waals surface area contributed by atoms with Crippen LogP contribution in [0.15, 0.2) is 0 Å². The number of amides is 1. The van der Waals surface area contributed by atoms with Crippen molar-refractivity contribution in [2.75, 3.05) is 19.6 Å². The van der Waals surface area contributed by atoms with Gasteiger partial charge in [0.05, 0.1) is 0 Å². The van der Waals surface area contributed by atoms with E-state index in [1.165, 1.54) is 25.7 Å². The van der Waals surface area contributed by atoms with E-state index in [1.807, 2.05) is 6.92 Å². The van der Waals surface area contributed by atoms with Crippen molar-refractivity contribution in [2.24, 2.45) is 17.4 Å². The van der Waals surface area contributed by atoms with Crippen LogP contribution in [-0.4, -0.2) is 36.0 Å². The Kier molecular flexibility index (Phi) is 6.80. The van der Waals surface area contributed by atoms with Crippen LogP contribution < -0.4 is 11.5 Å². The summed E-state index contributed by atoms with van der Waals surface area (Å²) in [6, 6.07) is 0. The highest BCUT2D eigenvalue weighted by atomic mass is 16.1. The smallest absolute Gasteiger partial charge is 0.221 e. The molecule has 4 N–H and O–H groups in total. The summed E-state index contributed by atoms with van der Waals surface area (Å²) < 4.78 is 0. The molecule has 1 fully saturated rings. The largest absolute Gasteiger partial charge is 0.369 e. The van der Waals surface area contributed by atoms with Crippen molar-refractivity contribution >= 4 is 5.91 Å². The third-order valence-electron chi connectivity index (χ3n) is 4.56. The van der Waals surface area contributed by atoms with E-state index in [2.05, 4.69) is 11.8 Å². The summed E-state index contributed by atoms with van der Waals surface area (Å²) in [6.07, 6.45) is 8.54. The van der Waals surface area contributed by atoms with Gasteiger partial charge in [0.15, 0.2) is 0 Å². The van der Waals surface area contributed by atoms with Gasteiger partial charge in [-0.3, -0.25) is 9.69 Å². The molecule has 0 aromatic rings. The third kappa shape index (κ3) is 4.46. The predicted octanol–water partition coefficient (Wildman–Crippen LogP) is 1.87. The molecule has 0 heterocycles. The molecule has 0 aromatic heterocycles. The van der Waals surface area contributed by atoms with Crippen molar-refractivity contribution in [2.45, 2.75) is 64.3 Å².